The number of carbonyl (C=O) groups excluding carboxylic acids is 1. The second-order valence-corrected chi connectivity index (χ2v) is 7.07. The topological polar surface area (TPSA) is 90.5 Å². The highest BCUT2D eigenvalue weighted by Crippen LogP contribution is 2.35. The zero-order chi connectivity index (χ0) is 19.7. The van der Waals surface area contributed by atoms with Crippen LogP contribution < -0.4 is 5.32 Å². The van der Waals surface area contributed by atoms with Crippen LogP contribution in [0, 0.1) is 12.7 Å². The van der Waals surface area contributed by atoms with E-state index in [1.165, 1.54) is 11.1 Å². The van der Waals surface area contributed by atoms with Gasteiger partial charge in [-0.1, -0.05) is 29.8 Å². The number of para-hydroxylation sites is 1. The number of piperidine rings is 1. The van der Waals surface area contributed by atoms with Gasteiger partial charge in [0.25, 0.3) is 0 Å². The molecule has 1 fully saturated rings. The summed E-state index contributed by atoms with van der Waals surface area (Å²) in [5.74, 6) is -0.0402. The Bertz CT molecular complexity index is 1010. The molecule has 2 heterocycles. The summed E-state index contributed by atoms with van der Waals surface area (Å²) >= 11 is 0. The van der Waals surface area contributed by atoms with Crippen LogP contribution in [-0.4, -0.2) is 39.5 Å². The Labute approximate surface area is 161 Å². The number of aryl methyl sites for hydroxylation is 1. The van der Waals surface area contributed by atoms with Gasteiger partial charge in [0.05, 0.1) is 11.1 Å². The number of aromatic nitrogens is 2. The van der Waals surface area contributed by atoms with Crippen LogP contribution in [0.2, 0.25) is 0 Å². The predicted molar refractivity (Wildman–Crippen MR) is 102 cm³/mol. The fraction of sp³-hybridized carbons (Fsp3) is 0.300. The van der Waals surface area contributed by atoms with Gasteiger partial charge in [-0.2, -0.15) is 5.10 Å². The van der Waals surface area contributed by atoms with E-state index in [9.17, 15) is 14.3 Å². The first-order chi connectivity index (χ1) is 13.4. The van der Waals surface area contributed by atoms with Crippen molar-refractivity contribution in [1.82, 2.24) is 15.3 Å². The van der Waals surface area contributed by atoms with Crippen LogP contribution in [0.15, 0.2) is 42.5 Å². The average molecular weight is 384 g/mol. The first-order valence-electron chi connectivity index (χ1n) is 9.11. The Hall–Kier alpha value is -2.97. The number of nitrogens with zero attached hydrogens (tertiary/aromatic N) is 2. The SMILES string of the molecule is Cc1ccc(F)c(C2(O)CCN(OC(=O)Nc3n[nH]c4ccccc34)CC2)c1. The molecule has 1 amide bonds. The second kappa shape index (κ2) is 7.21. The van der Waals surface area contributed by atoms with Crippen LogP contribution >= 0.6 is 0 Å². The van der Waals surface area contributed by atoms with Crippen molar-refractivity contribution in [1.29, 1.82) is 0 Å². The molecule has 1 saturated heterocycles. The van der Waals surface area contributed by atoms with Crippen LogP contribution in [0.4, 0.5) is 15.0 Å². The molecule has 3 N–H and O–H groups in total. The van der Waals surface area contributed by atoms with Gasteiger partial charge >= 0.3 is 6.09 Å². The number of fused-ring (bicyclic) bond motifs is 1. The van der Waals surface area contributed by atoms with Gasteiger partial charge in [0.1, 0.15) is 5.82 Å². The number of carbonyl (C=O) groups is 1. The van der Waals surface area contributed by atoms with Gasteiger partial charge in [-0.15, -0.1) is 5.06 Å². The third-order valence-corrected chi connectivity index (χ3v) is 5.08. The Kier molecular flexibility index (Phi) is 4.74. The largest absolute Gasteiger partial charge is 0.432 e. The Balaban J connectivity index is 1.37. The molecule has 146 valence electrons. The van der Waals surface area contributed by atoms with Crippen molar-refractivity contribution in [3.05, 3.63) is 59.4 Å². The second-order valence-electron chi connectivity index (χ2n) is 7.07. The molecule has 0 aliphatic carbocycles. The highest BCUT2D eigenvalue weighted by molar-refractivity contribution is 5.96. The number of nitrogens with one attached hydrogen (secondary N) is 2. The average Bonchev–Trinajstić information content (AvgIpc) is 3.08. The first kappa shape index (κ1) is 18.4. The van der Waals surface area contributed by atoms with Crippen LogP contribution in [-0.2, 0) is 10.4 Å². The van der Waals surface area contributed by atoms with E-state index < -0.39 is 17.5 Å². The van der Waals surface area contributed by atoms with Crippen LogP contribution in [0.1, 0.15) is 24.0 Å². The lowest BCUT2D eigenvalue weighted by molar-refractivity contribution is -0.148. The lowest BCUT2D eigenvalue weighted by Gasteiger charge is -2.37. The van der Waals surface area contributed by atoms with Gasteiger partial charge in [-0.25, -0.2) is 9.18 Å². The van der Waals surface area contributed by atoms with Crippen molar-refractivity contribution >= 4 is 22.8 Å². The highest BCUT2D eigenvalue weighted by atomic mass is 19.1. The van der Waals surface area contributed by atoms with E-state index in [0.29, 0.717) is 24.5 Å². The van der Waals surface area contributed by atoms with E-state index in [-0.39, 0.29) is 12.8 Å². The van der Waals surface area contributed by atoms with Crippen molar-refractivity contribution < 1.29 is 19.1 Å². The minimum absolute atomic E-state index is 0.256. The van der Waals surface area contributed by atoms with Crippen molar-refractivity contribution in [2.24, 2.45) is 0 Å². The lowest BCUT2D eigenvalue weighted by Crippen LogP contribution is -2.44. The molecule has 0 unspecified atom stereocenters. The van der Waals surface area contributed by atoms with Gasteiger partial charge in [-0.05, 0) is 38.0 Å². The molecule has 4 rings (SSSR count). The fourth-order valence-corrected chi connectivity index (χ4v) is 3.51. The van der Waals surface area contributed by atoms with E-state index in [4.69, 9.17) is 4.84 Å². The number of hydrogen-bond acceptors (Lipinski definition) is 5. The van der Waals surface area contributed by atoms with Gasteiger partial charge in [0, 0.05) is 24.0 Å². The van der Waals surface area contributed by atoms with E-state index in [0.717, 1.165) is 16.5 Å². The number of benzene rings is 2. The normalized spacial score (nSPS) is 16.8. The van der Waals surface area contributed by atoms with E-state index in [1.54, 1.807) is 12.1 Å². The third-order valence-electron chi connectivity index (χ3n) is 5.08. The molecule has 0 saturated carbocycles. The summed E-state index contributed by atoms with van der Waals surface area (Å²) < 4.78 is 14.2. The number of H-pyrrole nitrogens is 1. The van der Waals surface area contributed by atoms with Gasteiger partial charge in [-0.3, -0.25) is 10.4 Å². The van der Waals surface area contributed by atoms with Crippen molar-refractivity contribution in [3.63, 3.8) is 0 Å². The summed E-state index contributed by atoms with van der Waals surface area (Å²) in [5.41, 5.74) is 0.708. The zero-order valence-corrected chi connectivity index (χ0v) is 15.4. The fourth-order valence-electron chi connectivity index (χ4n) is 3.51. The molecule has 0 spiro atoms. The number of rotatable bonds is 3. The zero-order valence-electron chi connectivity index (χ0n) is 15.4. The van der Waals surface area contributed by atoms with Crippen LogP contribution in [0.5, 0.6) is 0 Å². The maximum absolute atomic E-state index is 14.2. The number of halogens is 1. The summed E-state index contributed by atoms with van der Waals surface area (Å²) in [6.07, 6.45) is -0.151. The van der Waals surface area contributed by atoms with E-state index in [1.807, 2.05) is 31.2 Å². The maximum atomic E-state index is 14.2. The maximum Gasteiger partial charge on any atom is 0.432 e. The number of amides is 1. The quantitative estimate of drug-likeness (QED) is 0.643. The molecule has 0 bridgehead atoms. The Morgan fingerprint density at radius 2 is 2.04 bits per heavy atom. The molecular weight excluding hydrogens is 363 g/mol. The molecule has 7 nitrogen and oxygen atoms in total. The van der Waals surface area contributed by atoms with Crippen molar-refractivity contribution in [3.8, 4) is 0 Å². The summed E-state index contributed by atoms with van der Waals surface area (Å²) in [4.78, 5) is 17.5. The first-order valence-corrected chi connectivity index (χ1v) is 9.11. The number of hydrogen-bond donors (Lipinski definition) is 3. The van der Waals surface area contributed by atoms with Crippen LogP contribution in [0.3, 0.4) is 0 Å². The molecule has 28 heavy (non-hydrogen) atoms. The monoisotopic (exact) mass is 384 g/mol. The Morgan fingerprint density at radius 1 is 1.29 bits per heavy atom. The molecule has 8 heteroatoms. The standard InChI is InChI=1S/C20H21FN4O3/c1-13-6-7-16(21)15(12-13)20(27)8-10-25(11-9-20)28-19(26)22-18-14-4-2-3-5-17(14)23-24-18/h2-7,12,27H,8-11H2,1H3,(H2,22,23,24,26). The molecule has 1 aliphatic rings. The summed E-state index contributed by atoms with van der Waals surface area (Å²) in [6, 6.07) is 12.1. The molecule has 0 atom stereocenters. The number of hydroxylamine groups is 2. The van der Waals surface area contributed by atoms with Gasteiger partial charge < -0.3 is 9.94 Å². The molecule has 1 aliphatic heterocycles. The molecular formula is C20H21FN4O3. The third kappa shape index (κ3) is 3.56. The summed E-state index contributed by atoms with van der Waals surface area (Å²) in [7, 11) is 0. The van der Waals surface area contributed by atoms with E-state index in [2.05, 4.69) is 15.5 Å². The number of aliphatic hydroxyl groups is 1. The molecule has 0 radical (unpaired) electrons. The molecule has 1 aromatic heterocycles. The predicted octanol–water partition coefficient (Wildman–Crippen LogP) is 3.46. The smallest absolute Gasteiger partial charge is 0.385 e. The van der Waals surface area contributed by atoms with E-state index >= 15 is 0 Å². The van der Waals surface area contributed by atoms with Crippen molar-refractivity contribution in [2.45, 2.75) is 25.4 Å². The summed E-state index contributed by atoms with van der Waals surface area (Å²) in [5, 5.41) is 22.7. The van der Waals surface area contributed by atoms with Crippen LogP contribution in [0.25, 0.3) is 10.9 Å². The minimum Gasteiger partial charge on any atom is -0.385 e. The summed E-state index contributed by atoms with van der Waals surface area (Å²) in [6.45, 7) is 2.44. The minimum atomic E-state index is -1.27. The molecule has 2 aromatic carbocycles. The number of anilines is 1. The van der Waals surface area contributed by atoms with Gasteiger partial charge in [0.15, 0.2) is 5.82 Å². The van der Waals surface area contributed by atoms with Crippen molar-refractivity contribution in [2.75, 3.05) is 18.4 Å². The van der Waals surface area contributed by atoms with Gasteiger partial charge in [0.2, 0.25) is 0 Å². The number of aromatic amines is 1. The lowest BCUT2D eigenvalue weighted by atomic mass is 9.84. The molecule has 3 aromatic rings. The highest BCUT2D eigenvalue weighted by Gasteiger charge is 2.37. The Morgan fingerprint density at radius 3 is 2.82 bits per heavy atom.